The minimum absolute atomic E-state index is 0.0556. The molecule has 0 aliphatic carbocycles. The van der Waals surface area contributed by atoms with E-state index >= 15 is 0 Å². The van der Waals surface area contributed by atoms with Crippen LogP contribution in [0.4, 0.5) is 10.1 Å². The van der Waals surface area contributed by atoms with E-state index in [9.17, 15) is 9.18 Å². The number of aryl methyl sites for hydroxylation is 1. The van der Waals surface area contributed by atoms with Crippen LogP contribution in [-0.2, 0) is 4.79 Å². The average molecular weight is 224 g/mol. The summed E-state index contributed by atoms with van der Waals surface area (Å²) in [6.45, 7) is 2.23. The van der Waals surface area contributed by atoms with Crippen molar-refractivity contribution in [2.45, 2.75) is 13.3 Å². The molecule has 0 bridgehead atoms. The zero-order valence-corrected chi connectivity index (χ0v) is 9.88. The largest absolute Gasteiger partial charge is 0.384 e. The van der Waals surface area contributed by atoms with Crippen LogP contribution in [0.3, 0.4) is 0 Å². The maximum absolute atomic E-state index is 13.2. The number of amides is 1. The summed E-state index contributed by atoms with van der Waals surface area (Å²) >= 11 is 0. The van der Waals surface area contributed by atoms with E-state index in [2.05, 4.69) is 5.32 Å². The van der Waals surface area contributed by atoms with Gasteiger partial charge in [0.15, 0.2) is 0 Å². The molecule has 0 aliphatic rings. The molecule has 0 heterocycles. The second-order valence-corrected chi connectivity index (χ2v) is 3.93. The summed E-state index contributed by atoms with van der Waals surface area (Å²) in [6, 6.07) is 4.96. The van der Waals surface area contributed by atoms with Crippen LogP contribution in [0, 0.1) is 12.7 Å². The molecule has 16 heavy (non-hydrogen) atoms. The van der Waals surface area contributed by atoms with Crippen molar-refractivity contribution in [2.75, 3.05) is 26.0 Å². The number of anilines is 1. The van der Waals surface area contributed by atoms with Crippen molar-refractivity contribution >= 4 is 11.6 Å². The fourth-order valence-electron chi connectivity index (χ4n) is 1.24. The first-order valence-corrected chi connectivity index (χ1v) is 5.21. The molecule has 0 saturated heterocycles. The van der Waals surface area contributed by atoms with Crippen molar-refractivity contribution in [3.8, 4) is 0 Å². The summed E-state index contributed by atoms with van der Waals surface area (Å²) in [5.74, 6) is -0.177. The third kappa shape index (κ3) is 3.53. The highest BCUT2D eigenvalue weighted by atomic mass is 19.1. The maximum atomic E-state index is 13.2. The van der Waals surface area contributed by atoms with Gasteiger partial charge in [0.1, 0.15) is 5.82 Å². The van der Waals surface area contributed by atoms with Crippen LogP contribution >= 0.6 is 0 Å². The molecule has 1 rings (SSSR count). The molecule has 0 fully saturated rings. The Morgan fingerprint density at radius 3 is 2.69 bits per heavy atom. The van der Waals surface area contributed by atoms with Gasteiger partial charge in [0.25, 0.3) is 0 Å². The van der Waals surface area contributed by atoms with Crippen LogP contribution in [-0.4, -0.2) is 31.4 Å². The molecule has 0 saturated carbocycles. The number of nitrogens with one attached hydrogen (secondary N) is 1. The van der Waals surface area contributed by atoms with Gasteiger partial charge in [-0.2, -0.15) is 0 Å². The van der Waals surface area contributed by atoms with Gasteiger partial charge in [-0.3, -0.25) is 4.79 Å². The summed E-state index contributed by atoms with van der Waals surface area (Å²) in [6.07, 6.45) is 0.405. The Morgan fingerprint density at radius 1 is 1.44 bits per heavy atom. The number of nitrogens with zero attached hydrogens (tertiary/aromatic N) is 1. The van der Waals surface area contributed by atoms with Gasteiger partial charge in [0.05, 0.1) is 0 Å². The maximum Gasteiger partial charge on any atom is 0.223 e. The Morgan fingerprint density at radius 2 is 2.12 bits per heavy atom. The third-order valence-corrected chi connectivity index (χ3v) is 2.34. The summed E-state index contributed by atoms with van der Waals surface area (Å²) < 4.78 is 13.2. The lowest BCUT2D eigenvalue weighted by atomic mass is 10.2. The quantitative estimate of drug-likeness (QED) is 0.848. The summed E-state index contributed by atoms with van der Waals surface area (Å²) in [4.78, 5) is 12.8. The van der Waals surface area contributed by atoms with E-state index in [1.54, 1.807) is 33.2 Å². The Kier molecular flexibility index (Phi) is 4.28. The fourth-order valence-corrected chi connectivity index (χ4v) is 1.24. The van der Waals surface area contributed by atoms with Crippen molar-refractivity contribution in [1.82, 2.24) is 4.90 Å². The number of hydrogen-bond donors (Lipinski definition) is 1. The van der Waals surface area contributed by atoms with E-state index in [1.807, 2.05) is 0 Å². The molecule has 0 aromatic heterocycles. The first-order valence-electron chi connectivity index (χ1n) is 5.21. The summed E-state index contributed by atoms with van der Waals surface area (Å²) in [7, 11) is 3.43. The SMILES string of the molecule is Cc1ccc(NCCC(=O)N(C)C)cc1F. The van der Waals surface area contributed by atoms with Crippen LogP contribution < -0.4 is 5.32 Å². The van der Waals surface area contributed by atoms with Crippen molar-refractivity contribution in [3.05, 3.63) is 29.6 Å². The Labute approximate surface area is 95.3 Å². The van der Waals surface area contributed by atoms with E-state index in [4.69, 9.17) is 0 Å². The second-order valence-electron chi connectivity index (χ2n) is 3.93. The Balaban J connectivity index is 2.43. The summed E-state index contributed by atoms with van der Waals surface area (Å²) in [5.41, 5.74) is 1.32. The number of carbonyl (C=O) groups excluding carboxylic acids is 1. The van der Waals surface area contributed by atoms with E-state index in [0.717, 1.165) is 0 Å². The number of hydrogen-bond acceptors (Lipinski definition) is 2. The predicted molar refractivity (Wildman–Crippen MR) is 62.9 cm³/mol. The van der Waals surface area contributed by atoms with Crippen molar-refractivity contribution in [2.24, 2.45) is 0 Å². The zero-order valence-electron chi connectivity index (χ0n) is 9.88. The third-order valence-electron chi connectivity index (χ3n) is 2.34. The number of carbonyl (C=O) groups is 1. The molecule has 0 unspecified atom stereocenters. The molecular formula is C12H17FN2O. The van der Waals surface area contributed by atoms with Gasteiger partial charge in [0.2, 0.25) is 5.91 Å². The van der Waals surface area contributed by atoms with Crippen LogP contribution in [0.2, 0.25) is 0 Å². The molecular weight excluding hydrogens is 207 g/mol. The van der Waals surface area contributed by atoms with Gasteiger partial charge in [-0.05, 0) is 24.6 Å². The predicted octanol–water partition coefficient (Wildman–Crippen LogP) is 2.02. The highest BCUT2D eigenvalue weighted by molar-refractivity contribution is 5.76. The second kappa shape index (κ2) is 5.49. The number of rotatable bonds is 4. The van der Waals surface area contributed by atoms with Crippen molar-refractivity contribution in [3.63, 3.8) is 0 Å². The molecule has 1 amide bonds. The van der Waals surface area contributed by atoms with Gasteiger partial charge in [-0.15, -0.1) is 0 Å². The molecule has 0 spiro atoms. The molecule has 1 aromatic rings. The molecule has 0 aliphatic heterocycles. The van der Waals surface area contributed by atoms with Crippen LogP contribution in [0.15, 0.2) is 18.2 Å². The molecule has 1 aromatic carbocycles. The molecule has 4 heteroatoms. The smallest absolute Gasteiger partial charge is 0.223 e. The lowest BCUT2D eigenvalue weighted by Crippen LogP contribution is -2.23. The van der Waals surface area contributed by atoms with E-state index in [1.165, 1.54) is 11.0 Å². The van der Waals surface area contributed by atoms with Crippen LogP contribution in [0.25, 0.3) is 0 Å². The highest BCUT2D eigenvalue weighted by Crippen LogP contribution is 2.13. The van der Waals surface area contributed by atoms with Crippen LogP contribution in [0.5, 0.6) is 0 Å². The monoisotopic (exact) mass is 224 g/mol. The van der Waals surface area contributed by atoms with Gasteiger partial charge in [-0.1, -0.05) is 6.07 Å². The van der Waals surface area contributed by atoms with E-state index in [-0.39, 0.29) is 11.7 Å². The minimum Gasteiger partial charge on any atom is -0.384 e. The van der Waals surface area contributed by atoms with Crippen molar-refractivity contribution < 1.29 is 9.18 Å². The first-order chi connectivity index (χ1) is 7.50. The molecule has 0 atom stereocenters. The van der Waals surface area contributed by atoms with Crippen LogP contribution in [0.1, 0.15) is 12.0 Å². The Bertz CT molecular complexity index is 377. The minimum atomic E-state index is -0.232. The van der Waals surface area contributed by atoms with Gasteiger partial charge < -0.3 is 10.2 Å². The Hall–Kier alpha value is -1.58. The molecule has 88 valence electrons. The van der Waals surface area contributed by atoms with Gasteiger partial charge >= 0.3 is 0 Å². The molecule has 3 nitrogen and oxygen atoms in total. The van der Waals surface area contributed by atoms with E-state index < -0.39 is 0 Å². The van der Waals surface area contributed by atoms with Crippen molar-refractivity contribution in [1.29, 1.82) is 0 Å². The first kappa shape index (κ1) is 12.5. The van der Waals surface area contributed by atoms with Gasteiger partial charge in [-0.25, -0.2) is 4.39 Å². The van der Waals surface area contributed by atoms with E-state index in [0.29, 0.717) is 24.2 Å². The molecule has 1 N–H and O–H groups in total. The average Bonchev–Trinajstić information content (AvgIpc) is 2.23. The lowest BCUT2D eigenvalue weighted by Gasteiger charge is -2.11. The lowest BCUT2D eigenvalue weighted by molar-refractivity contribution is -0.128. The molecule has 0 radical (unpaired) electrons. The number of halogens is 1. The fraction of sp³-hybridized carbons (Fsp3) is 0.417. The standard InChI is InChI=1S/C12H17FN2O/c1-9-4-5-10(8-11(9)13)14-7-6-12(16)15(2)3/h4-5,8,14H,6-7H2,1-3H3. The van der Waals surface area contributed by atoms with Gasteiger partial charge in [0, 0.05) is 32.7 Å². The normalized spacial score (nSPS) is 10.0. The number of benzene rings is 1. The highest BCUT2D eigenvalue weighted by Gasteiger charge is 2.03. The topological polar surface area (TPSA) is 32.3 Å². The zero-order chi connectivity index (χ0) is 12.1. The summed E-state index contributed by atoms with van der Waals surface area (Å²) in [5, 5.41) is 3.01.